The third-order valence-electron chi connectivity index (χ3n) is 3.65. The number of carbonyl (C=O) groups excluding carboxylic acids is 1. The molecule has 0 saturated carbocycles. The maximum Gasteiger partial charge on any atom is 0.255 e. The number of aromatic nitrogens is 3. The van der Waals surface area contributed by atoms with E-state index in [2.05, 4.69) is 15.4 Å². The molecular weight excluding hydrogens is 320 g/mol. The van der Waals surface area contributed by atoms with Crippen molar-refractivity contribution >= 4 is 33.1 Å². The first-order valence-electron chi connectivity index (χ1n) is 7.48. The summed E-state index contributed by atoms with van der Waals surface area (Å²) in [7, 11) is 0. The van der Waals surface area contributed by atoms with Gasteiger partial charge in [0.2, 0.25) is 0 Å². The Morgan fingerprint density at radius 1 is 1.17 bits per heavy atom. The van der Waals surface area contributed by atoms with E-state index in [1.807, 2.05) is 49.5 Å². The van der Waals surface area contributed by atoms with Crippen molar-refractivity contribution in [3.05, 3.63) is 71.5 Å². The normalized spacial score (nSPS) is 10.9. The van der Waals surface area contributed by atoms with Crippen LogP contribution in [0.1, 0.15) is 15.4 Å². The van der Waals surface area contributed by atoms with E-state index < -0.39 is 0 Å². The van der Waals surface area contributed by atoms with Gasteiger partial charge in [-0.1, -0.05) is 0 Å². The number of anilines is 1. The summed E-state index contributed by atoms with van der Waals surface area (Å²) in [6.07, 6.45) is 3.58. The molecule has 0 aliphatic carbocycles. The second-order valence-electron chi connectivity index (χ2n) is 5.37. The lowest BCUT2D eigenvalue weighted by Crippen LogP contribution is -2.11. The van der Waals surface area contributed by atoms with Crippen LogP contribution < -0.4 is 5.32 Å². The van der Waals surface area contributed by atoms with Crippen molar-refractivity contribution in [2.24, 2.45) is 0 Å². The maximum absolute atomic E-state index is 12.4. The molecule has 0 aliphatic heterocycles. The van der Waals surface area contributed by atoms with E-state index in [0.717, 1.165) is 26.6 Å². The highest BCUT2D eigenvalue weighted by atomic mass is 32.1. The number of hydrogen-bond donors (Lipinski definition) is 1. The largest absolute Gasteiger partial charge is 0.322 e. The fraction of sp³-hybridized carbons (Fsp3) is 0.0556. The molecule has 0 spiro atoms. The molecule has 1 amide bonds. The van der Waals surface area contributed by atoms with Gasteiger partial charge < -0.3 is 5.32 Å². The number of thiazole rings is 1. The van der Waals surface area contributed by atoms with Crippen LogP contribution in [0.2, 0.25) is 0 Å². The smallest absolute Gasteiger partial charge is 0.255 e. The first kappa shape index (κ1) is 14.6. The first-order chi connectivity index (χ1) is 11.7. The van der Waals surface area contributed by atoms with E-state index >= 15 is 0 Å². The van der Waals surface area contributed by atoms with Gasteiger partial charge in [-0.2, -0.15) is 5.10 Å². The van der Waals surface area contributed by atoms with Gasteiger partial charge in [0.25, 0.3) is 5.91 Å². The van der Waals surface area contributed by atoms with Crippen LogP contribution in [0, 0.1) is 6.92 Å². The number of amides is 1. The number of aryl methyl sites for hydroxylation is 1. The van der Waals surface area contributed by atoms with Crippen molar-refractivity contribution in [2.45, 2.75) is 6.92 Å². The highest BCUT2D eigenvalue weighted by molar-refractivity contribution is 7.18. The van der Waals surface area contributed by atoms with E-state index in [-0.39, 0.29) is 5.91 Å². The van der Waals surface area contributed by atoms with Gasteiger partial charge in [0, 0.05) is 23.6 Å². The number of benzene rings is 2. The fourth-order valence-corrected chi connectivity index (χ4v) is 3.32. The Morgan fingerprint density at radius 3 is 2.75 bits per heavy atom. The Bertz CT molecular complexity index is 1000. The molecule has 6 heteroatoms. The molecule has 24 heavy (non-hydrogen) atoms. The lowest BCUT2D eigenvalue weighted by Gasteiger charge is -2.06. The summed E-state index contributed by atoms with van der Waals surface area (Å²) in [5, 5.41) is 8.10. The monoisotopic (exact) mass is 334 g/mol. The Balaban J connectivity index is 1.54. The van der Waals surface area contributed by atoms with Gasteiger partial charge in [0.05, 0.1) is 20.9 Å². The van der Waals surface area contributed by atoms with Gasteiger partial charge in [-0.15, -0.1) is 11.3 Å². The average molecular weight is 334 g/mol. The van der Waals surface area contributed by atoms with Gasteiger partial charge in [-0.05, 0) is 55.5 Å². The maximum atomic E-state index is 12.4. The summed E-state index contributed by atoms with van der Waals surface area (Å²) in [4.78, 5) is 16.9. The number of hydrogen-bond acceptors (Lipinski definition) is 4. The van der Waals surface area contributed by atoms with Crippen molar-refractivity contribution in [1.82, 2.24) is 14.8 Å². The highest BCUT2D eigenvalue weighted by Crippen LogP contribution is 2.24. The van der Waals surface area contributed by atoms with E-state index in [4.69, 9.17) is 0 Å². The third-order valence-corrected chi connectivity index (χ3v) is 4.60. The Hall–Kier alpha value is -2.99. The molecule has 0 aliphatic rings. The molecule has 4 aromatic rings. The Labute approximate surface area is 142 Å². The van der Waals surface area contributed by atoms with Gasteiger partial charge in [-0.3, -0.25) is 4.79 Å². The summed E-state index contributed by atoms with van der Waals surface area (Å²) in [6, 6.07) is 15.0. The summed E-state index contributed by atoms with van der Waals surface area (Å²) in [6.45, 7) is 1.98. The zero-order valence-electron chi connectivity index (χ0n) is 12.9. The van der Waals surface area contributed by atoms with Gasteiger partial charge in [0.1, 0.15) is 0 Å². The second kappa shape index (κ2) is 5.90. The van der Waals surface area contributed by atoms with E-state index in [0.29, 0.717) is 5.56 Å². The summed E-state index contributed by atoms with van der Waals surface area (Å²) in [5.74, 6) is -0.145. The highest BCUT2D eigenvalue weighted by Gasteiger charge is 2.08. The van der Waals surface area contributed by atoms with Crippen LogP contribution in [0.25, 0.3) is 15.9 Å². The van der Waals surface area contributed by atoms with Crippen molar-refractivity contribution in [1.29, 1.82) is 0 Å². The Kier molecular flexibility index (Phi) is 3.59. The standard InChI is InChI=1S/C18H14N4OS/c1-12-20-16-11-14(5-8-17(16)24-12)21-18(23)13-3-6-15(7-4-13)22-10-2-9-19-22/h2-11H,1H3,(H,21,23). The fourth-order valence-electron chi connectivity index (χ4n) is 2.51. The molecule has 0 unspecified atom stereocenters. The SMILES string of the molecule is Cc1nc2cc(NC(=O)c3ccc(-n4cccn4)cc3)ccc2s1. The molecule has 5 nitrogen and oxygen atoms in total. The molecule has 2 aromatic carbocycles. The van der Waals surface area contributed by atoms with Crippen LogP contribution in [0.4, 0.5) is 5.69 Å². The molecular formula is C18H14N4OS. The summed E-state index contributed by atoms with van der Waals surface area (Å²) in [5.41, 5.74) is 3.16. The lowest BCUT2D eigenvalue weighted by molar-refractivity contribution is 0.102. The summed E-state index contributed by atoms with van der Waals surface area (Å²) < 4.78 is 2.87. The van der Waals surface area contributed by atoms with E-state index in [1.165, 1.54) is 0 Å². The number of nitrogens with one attached hydrogen (secondary N) is 1. The van der Waals surface area contributed by atoms with E-state index in [1.54, 1.807) is 34.3 Å². The molecule has 1 N–H and O–H groups in total. The minimum Gasteiger partial charge on any atom is -0.322 e. The molecule has 2 heterocycles. The quantitative estimate of drug-likeness (QED) is 0.615. The molecule has 4 rings (SSSR count). The van der Waals surface area contributed by atoms with Crippen LogP contribution in [0.3, 0.4) is 0 Å². The second-order valence-corrected chi connectivity index (χ2v) is 6.60. The summed E-state index contributed by atoms with van der Waals surface area (Å²) >= 11 is 1.64. The zero-order chi connectivity index (χ0) is 16.5. The number of nitrogens with zero attached hydrogens (tertiary/aromatic N) is 3. The van der Waals surface area contributed by atoms with Crippen molar-refractivity contribution in [3.8, 4) is 5.69 Å². The van der Waals surface area contributed by atoms with Gasteiger partial charge in [-0.25, -0.2) is 9.67 Å². The average Bonchev–Trinajstić information content (AvgIpc) is 3.23. The molecule has 118 valence electrons. The molecule has 0 saturated heterocycles. The van der Waals surface area contributed by atoms with Crippen molar-refractivity contribution < 1.29 is 4.79 Å². The van der Waals surface area contributed by atoms with Crippen molar-refractivity contribution in [3.63, 3.8) is 0 Å². The zero-order valence-corrected chi connectivity index (χ0v) is 13.7. The van der Waals surface area contributed by atoms with Crippen LogP contribution in [-0.4, -0.2) is 20.7 Å². The molecule has 0 atom stereocenters. The Morgan fingerprint density at radius 2 is 2.00 bits per heavy atom. The minimum atomic E-state index is -0.145. The molecule has 0 radical (unpaired) electrons. The molecule has 0 bridgehead atoms. The topological polar surface area (TPSA) is 59.8 Å². The van der Waals surface area contributed by atoms with E-state index in [9.17, 15) is 4.79 Å². The third kappa shape index (κ3) is 2.79. The van der Waals surface area contributed by atoms with Gasteiger partial charge >= 0.3 is 0 Å². The predicted octanol–water partition coefficient (Wildman–Crippen LogP) is 4.04. The molecule has 2 aromatic heterocycles. The van der Waals surface area contributed by atoms with Gasteiger partial charge in [0.15, 0.2) is 0 Å². The molecule has 0 fully saturated rings. The first-order valence-corrected chi connectivity index (χ1v) is 8.29. The van der Waals surface area contributed by atoms with Crippen LogP contribution in [0.5, 0.6) is 0 Å². The van der Waals surface area contributed by atoms with Crippen molar-refractivity contribution in [2.75, 3.05) is 5.32 Å². The number of fused-ring (bicyclic) bond motifs is 1. The number of rotatable bonds is 3. The van der Waals surface area contributed by atoms with Crippen LogP contribution >= 0.6 is 11.3 Å². The number of carbonyl (C=O) groups is 1. The predicted molar refractivity (Wildman–Crippen MR) is 95.9 cm³/mol. The van der Waals surface area contributed by atoms with Crippen LogP contribution in [0.15, 0.2) is 60.9 Å². The lowest BCUT2D eigenvalue weighted by atomic mass is 10.2. The minimum absolute atomic E-state index is 0.145. The van der Waals surface area contributed by atoms with Crippen LogP contribution in [-0.2, 0) is 0 Å².